The fourth-order valence-corrected chi connectivity index (χ4v) is 1.98. The van der Waals surface area contributed by atoms with E-state index in [1.54, 1.807) is 12.1 Å². The van der Waals surface area contributed by atoms with Gasteiger partial charge in [0.25, 0.3) is 17.6 Å². The van der Waals surface area contributed by atoms with Gasteiger partial charge in [-0.3, -0.25) is 24.1 Å². The SMILES string of the molecule is O=C(COC(=O)CN1C(=O)C(=O)c2ccccc21)NCC(F)(F)F. The lowest BCUT2D eigenvalue weighted by molar-refractivity contribution is -0.150. The minimum Gasteiger partial charge on any atom is -0.454 e. The van der Waals surface area contributed by atoms with Crippen molar-refractivity contribution in [2.45, 2.75) is 6.18 Å². The first-order valence-corrected chi connectivity index (χ1v) is 6.63. The number of carbonyl (C=O) groups excluding carboxylic acids is 4. The molecule has 1 aromatic carbocycles. The van der Waals surface area contributed by atoms with E-state index >= 15 is 0 Å². The van der Waals surface area contributed by atoms with E-state index in [2.05, 4.69) is 4.74 Å². The van der Waals surface area contributed by atoms with E-state index in [1.165, 1.54) is 17.4 Å². The lowest BCUT2D eigenvalue weighted by Gasteiger charge is -2.15. The highest BCUT2D eigenvalue weighted by Gasteiger charge is 2.36. The first-order chi connectivity index (χ1) is 11.2. The fraction of sp³-hybridized carbons (Fsp3) is 0.286. The lowest BCUT2D eigenvalue weighted by Crippen LogP contribution is -2.39. The Hall–Kier alpha value is -2.91. The highest BCUT2D eigenvalue weighted by atomic mass is 19.4. The molecule has 0 atom stereocenters. The molecule has 0 unspecified atom stereocenters. The molecule has 24 heavy (non-hydrogen) atoms. The van der Waals surface area contributed by atoms with Crippen molar-refractivity contribution in [2.24, 2.45) is 0 Å². The highest BCUT2D eigenvalue weighted by molar-refractivity contribution is 6.52. The van der Waals surface area contributed by atoms with Gasteiger partial charge in [-0.1, -0.05) is 12.1 Å². The fourth-order valence-electron chi connectivity index (χ4n) is 1.98. The Morgan fingerprint density at radius 2 is 1.83 bits per heavy atom. The molecule has 128 valence electrons. The number of Topliss-reactive ketones (excluding diaryl/α,β-unsaturated/α-hetero) is 1. The summed E-state index contributed by atoms with van der Waals surface area (Å²) in [6.45, 7) is -3.10. The summed E-state index contributed by atoms with van der Waals surface area (Å²) in [6.07, 6.45) is -4.58. The van der Waals surface area contributed by atoms with Crippen molar-refractivity contribution < 1.29 is 37.1 Å². The van der Waals surface area contributed by atoms with Crippen molar-refractivity contribution in [3.05, 3.63) is 29.8 Å². The number of ether oxygens (including phenoxy) is 1. The normalized spacial score (nSPS) is 13.7. The molecule has 0 aliphatic carbocycles. The summed E-state index contributed by atoms with van der Waals surface area (Å²) >= 11 is 0. The Labute approximate surface area is 133 Å². The molecule has 10 heteroatoms. The minimum atomic E-state index is -4.58. The van der Waals surface area contributed by atoms with Crippen LogP contribution in [0.25, 0.3) is 0 Å². The second-order valence-electron chi connectivity index (χ2n) is 4.79. The lowest BCUT2D eigenvalue weighted by atomic mass is 10.1. The van der Waals surface area contributed by atoms with Crippen LogP contribution in [0.2, 0.25) is 0 Å². The van der Waals surface area contributed by atoms with Gasteiger partial charge in [0.05, 0.1) is 11.3 Å². The number of carbonyl (C=O) groups is 4. The number of esters is 1. The molecule has 0 radical (unpaired) electrons. The van der Waals surface area contributed by atoms with Gasteiger partial charge in [0.2, 0.25) is 0 Å². The van der Waals surface area contributed by atoms with Crippen LogP contribution in [0, 0.1) is 0 Å². The van der Waals surface area contributed by atoms with Crippen molar-refractivity contribution >= 4 is 29.3 Å². The summed E-state index contributed by atoms with van der Waals surface area (Å²) in [6, 6.07) is 6.00. The number of para-hydroxylation sites is 1. The predicted molar refractivity (Wildman–Crippen MR) is 73.1 cm³/mol. The maximum atomic E-state index is 11.9. The van der Waals surface area contributed by atoms with E-state index in [-0.39, 0.29) is 11.3 Å². The number of hydrogen-bond donors (Lipinski definition) is 1. The quantitative estimate of drug-likeness (QED) is 0.618. The molecule has 0 fully saturated rings. The van der Waals surface area contributed by atoms with Gasteiger partial charge >= 0.3 is 12.1 Å². The van der Waals surface area contributed by atoms with E-state index in [0.717, 1.165) is 4.90 Å². The van der Waals surface area contributed by atoms with Crippen LogP contribution < -0.4 is 10.2 Å². The number of ketones is 1. The number of alkyl halides is 3. The molecule has 0 aromatic heterocycles. The van der Waals surface area contributed by atoms with Gasteiger partial charge in [-0.2, -0.15) is 13.2 Å². The van der Waals surface area contributed by atoms with Crippen LogP contribution in [0.4, 0.5) is 18.9 Å². The molecule has 0 bridgehead atoms. The van der Waals surface area contributed by atoms with Crippen LogP contribution in [0.1, 0.15) is 10.4 Å². The molecule has 1 heterocycles. The molecule has 0 saturated heterocycles. The monoisotopic (exact) mass is 344 g/mol. The molecule has 0 spiro atoms. The van der Waals surface area contributed by atoms with Crippen molar-refractivity contribution in [3.63, 3.8) is 0 Å². The minimum absolute atomic E-state index is 0.137. The number of hydrogen-bond acceptors (Lipinski definition) is 5. The van der Waals surface area contributed by atoms with Crippen LogP contribution in [0.15, 0.2) is 24.3 Å². The molecular weight excluding hydrogens is 333 g/mol. The van der Waals surface area contributed by atoms with Crippen LogP contribution in [-0.4, -0.2) is 49.4 Å². The van der Waals surface area contributed by atoms with Gasteiger partial charge in [0.15, 0.2) is 6.61 Å². The van der Waals surface area contributed by atoms with Gasteiger partial charge < -0.3 is 10.1 Å². The number of amides is 2. The van der Waals surface area contributed by atoms with Gasteiger partial charge in [-0.15, -0.1) is 0 Å². The molecule has 1 aliphatic heterocycles. The predicted octanol–water partition coefficient (Wildman–Crippen LogP) is 0.438. The Morgan fingerprint density at radius 3 is 2.50 bits per heavy atom. The Balaban J connectivity index is 1.88. The number of fused-ring (bicyclic) bond motifs is 1. The van der Waals surface area contributed by atoms with Gasteiger partial charge in [0, 0.05) is 0 Å². The molecule has 1 aromatic rings. The van der Waals surface area contributed by atoms with Crippen LogP contribution >= 0.6 is 0 Å². The van der Waals surface area contributed by atoms with Gasteiger partial charge in [-0.05, 0) is 12.1 Å². The average Bonchev–Trinajstić information content (AvgIpc) is 2.76. The third kappa shape index (κ3) is 4.09. The molecule has 7 nitrogen and oxygen atoms in total. The van der Waals surface area contributed by atoms with Crippen LogP contribution in [0.5, 0.6) is 0 Å². The number of anilines is 1. The number of halogens is 3. The van der Waals surface area contributed by atoms with Gasteiger partial charge in [-0.25, -0.2) is 0 Å². The number of rotatable bonds is 5. The molecular formula is C14H11F3N2O5. The number of benzene rings is 1. The second kappa shape index (κ2) is 6.69. The standard InChI is InChI=1S/C14H11F3N2O5/c15-14(16,17)7-18-10(20)6-24-11(21)5-19-9-4-2-1-3-8(9)12(22)13(19)23/h1-4H,5-7H2,(H,18,20). The zero-order valence-corrected chi connectivity index (χ0v) is 12.1. The Kier molecular flexibility index (Phi) is 4.86. The van der Waals surface area contributed by atoms with E-state index in [4.69, 9.17) is 0 Å². The van der Waals surface area contributed by atoms with Gasteiger partial charge in [0.1, 0.15) is 13.1 Å². The number of nitrogens with one attached hydrogen (secondary N) is 1. The zero-order chi connectivity index (χ0) is 17.9. The third-order valence-corrected chi connectivity index (χ3v) is 3.02. The molecule has 0 saturated carbocycles. The summed E-state index contributed by atoms with van der Waals surface area (Å²) < 4.78 is 40.2. The maximum absolute atomic E-state index is 11.9. The molecule has 2 rings (SSSR count). The Bertz CT molecular complexity index is 702. The molecule has 1 N–H and O–H groups in total. The van der Waals surface area contributed by atoms with Crippen molar-refractivity contribution in [1.82, 2.24) is 5.32 Å². The first-order valence-electron chi connectivity index (χ1n) is 6.63. The highest BCUT2D eigenvalue weighted by Crippen LogP contribution is 2.28. The zero-order valence-electron chi connectivity index (χ0n) is 12.1. The topological polar surface area (TPSA) is 92.8 Å². The van der Waals surface area contributed by atoms with Crippen LogP contribution in [0.3, 0.4) is 0 Å². The van der Waals surface area contributed by atoms with E-state index < -0.39 is 49.4 Å². The van der Waals surface area contributed by atoms with Crippen molar-refractivity contribution in [1.29, 1.82) is 0 Å². The second-order valence-corrected chi connectivity index (χ2v) is 4.79. The summed E-state index contributed by atoms with van der Waals surface area (Å²) in [5.41, 5.74) is 0.365. The summed E-state index contributed by atoms with van der Waals surface area (Å²) in [5, 5.41) is 1.53. The Morgan fingerprint density at radius 1 is 1.17 bits per heavy atom. The third-order valence-electron chi connectivity index (χ3n) is 3.02. The summed E-state index contributed by atoms with van der Waals surface area (Å²) in [7, 11) is 0. The van der Waals surface area contributed by atoms with E-state index in [1.807, 2.05) is 0 Å². The summed E-state index contributed by atoms with van der Waals surface area (Å²) in [4.78, 5) is 47.2. The van der Waals surface area contributed by atoms with Crippen molar-refractivity contribution in [3.8, 4) is 0 Å². The molecule has 1 aliphatic rings. The smallest absolute Gasteiger partial charge is 0.405 e. The van der Waals surface area contributed by atoms with E-state index in [9.17, 15) is 32.3 Å². The average molecular weight is 344 g/mol. The van der Waals surface area contributed by atoms with Crippen molar-refractivity contribution in [2.75, 3.05) is 24.6 Å². The van der Waals surface area contributed by atoms with E-state index in [0.29, 0.717) is 0 Å². The molecule has 2 amide bonds. The maximum Gasteiger partial charge on any atom is 0.405 e. The summed E-state index contributed by atoms with van der Waals surface area (Å²) in [5.74, 6) is -3.86. The number of nitrogens with zero attached hydrogens (tertiary/aromatic N) is 1. The van der Waals surface area contributed by atoms with Crippen LogP contribution in [-0.2, 0) is 19.1 Å². The first kappa shape index (κ1) is 17.4. The largest absolute Gasteiger partial charge is 0.454 e.